The zero-order valence-corrected chi connectivity index (χ0v) is 8.43. The number of benzene rings is 1. The molecule has 12 heavy (non-hydrogen) atoms. The van der Waals surface area contributed by atoms with Gasteiger partial charge in [-0.05, 0) is 30.0 Å². The molecule has 0 spiro atoms. The quantitative estimate of drug-likeness (QED) is 0.580. The smallest absolute Gasteiger partial charge is 0.0197 e. The van der Waals surface area contributed by atoms with E-state index in [2.05, 4.69) is 37.3 Å². The molecular weight excluding hydrogens is 163 g/mol. The van der Waals surface area contributed by atoms with Gasteiger partial charge in [0.25, 0.3) is 0 Å². The molecule has 0 nitrogen and oxygen atoms in total. The first-order valence-corrected chi connectivity index (χ1v) is 6.29. The highest BCUT2D eigenvalue weighted by molar-refractivity contribution is 7.66. The average molecular weight is 178 g/mol. The number of rotatable bonds is 1. The molecule has 0 N–H and O–H groups in total. The van der Waals surface area contributed by atoms with Gasteiger partial charge in [0.2, 0.25) is 0 Å². The Hall–Kier alpha value is -0.350. The summed E-state index contributed by atoms with van der Waals surface area (Å²) in [7, 11) is 0.199. The molecule has 0 radical (unpaired) electrons. The standard InChI is InChI=1S/C11H15P/c1-10-6-5-9-12(10)11-7-3-2-4-8-11/h2-4,7-8,10H,5-6,9H2,1H3/t10-,12-/m1/s1. The molecule has 0 bridgehead atoms. The highest BCUT2D eigenvalue weighted by Crippen LogP contribution is 2.48. The molecule has 64 valence electrons. The summed E-state index contributed by atoms with van der Waals surface area (Å²) >= 11 is 0. The second kappa shape index (κ2) is 3.58. The second-order valence-corrected chi connectivity index (χ2v) is 6.30. The van der Waals surface area contributed by atoms with Crippen LogP contribution < -0.4 is 5.30 Å². The molecule has 0 amide bonds. The first-order valence-electron chi connectivity index (χ1n) is 4.69. The van der Waals surface area contributed by atoms with Crippen LogP contribution in [0.4, 0.5) is 0 Å². The Bertz CT molecular complexity index is 242. The Balaban J connectivity index is 2.19. The highest BCUT2D eigenvalue weighted by atomic mass is 31.1. The summed E-state index contributed by atoms with van der Waals surface area (Å²) in [5.41, 5.74) is 0.961. The monoisotopic (exact) mass is 178 g/mol. The van der Waals surface area contributed by atoms with Crippen molar-refractivity contribution in [2.24, 2.45) is 0 Å². The van der Waals surface area contributed by atoms with Crippen molar-refractivity contribution >= 4 is 13.2 Å². The lowest BCUT2D eigenvalue weighted by atomic mass is 10.3. The molecule has 2 rings (SSSR count). The third kappa shape index (κ3) is 1.54. The van der Waals surface area contributed by atoms with Gasteiger partial charge in [-0.25, -0.2) is 0 Å². The molecular formula is C11H15P. The lowest BCUT2D eigenvalue weighted by molar-refractivity contribution is 0.836. The van der Waals surface area contributed by atoms with Crippen molar-refractivity contribution in [3.05, 3.63) is 30.3 Å². The Morgan fingerprint density at radius 1 is 1.25 bits per heavy atom. The van der Waals surface area contributed by atoms with Crippen molar-refractivity contribution in [3.63, 3.8) is 0 Å². The van der Waals surface area contributed by atoms with Gasteiger partial charge in [0.15, 0.2) is 0 Å². The lowest BCUT2D eigenvalue weighted by Gasteiger charge is -2.15. The summed E-state index contributed by atoms with van der Waals surface area (Å²) in [4.78, 5) is 0. The molecule has 1 heteroatoms. The first kappa shape index (κ1) is 8.26. The van der Waals surface area contributed by atoms with Gasteiger partial charge in [0.05, 0.1) is 0 Å². The maximum Gasteiger partial charge on any atom is -0.0197 e. The van der Waals surface area contributed by atoms with E-state index < -0.39 is 0 Å². The summed E-state index contributed by atoms with van der Waals surface area (Å²) in [6.45, 7) is 2.41. The Morgan fingerprint density at radius 2 is 2.00 bits per heavy atom. The first-order chi connectivity index (χ1) is 5.88. The van der Waals surface area contributed by atoms with E-state index in [1.165, 1.54) is 19.0 Å². The maximum atomic E-state index is 2.41. The SMILES string of the molecule is C[C@@H]1CCC[P@@]1c1ccccc1. The average Bonchev–Trinajstić information content (AvgIpc) is 2.53. The third-order valence-corrected chi connectivity index (χ3v) is 5.72. The van der Waals surface area contributed by atoms with Crippen molar-refractivity contribution in [1.82, 2.24) is 0 Å². The van der Waals surface area contributed by atoms with Gasteiger partial charge in [-0.1, -0.05) is 45.2 Å². The summed E-state index contributed by atoms with van der Waals surface area (Å²) in [5, 5.41) is 1.61. The normalized spacial score (nSPS) is 29.1. The topological polar surface area (TPSA) is 0 Å². The van der Waals surface area contributed by atoms with Gasteiger partial charge >= 0.3 is 0 Å². The molecule has 1 aliphatic heterocycles. The largest absolute Gasteiger partial charge is 0.0724 e. The van der Waals surface area contributed by atoms with E-state index in [-0.39, 0.29) is 7.92 Å². The van der Waals surface area contributed by atoms with Crippen molar-refractivity contribution in [1.29, 1.82) is 0 Å². The van der Waals surface area contributed by atoms with Gasteiger partial charge in [-0.15, -0.1) is 0 Å². The number of hydrogen-bond acceptors (Lipinski definition) is 0. The zero-order valence-electron chi connectivity index (χ0n) is 7.53. The molecule has 0 aromatic heterocycles. The van der Waals surface area contributed by atoms with Crippen LogP contribution in [0.15, 0.2) is 30.3 Å². The van der Waals surface area contributed by atoms with Crippen LogP contribution in [0.25, 0.3) is 0 Å². The molecule has 1 saturated heterocycles. The van der Waals surface area contributed by atoms with Crippen LogP contribution >= 0.6 is 7.92 Å². The van der Waals surface area contributed by atoms with E-state index in [0.717, 1.165) is 5.66 Å². The molecule has 1 aromatic rings. The summed E-state index contributed by atoms with van der Waals surface area (Å²) in [6.07, 6.45) is 4.35. The Kier molecular flexibility index (Phi) is 2.46. The predicted molar refractivity (Wildman–Crippen MR) is 56.6 cm³/mol. The zero-order chi connectivity index (χ0) is 8.39. The minimum atomic E-state index is 0.199. The Morgan fingerprint density at radius 3 is 2.58 bits per heavy atom. The molecule has 1 aliphatic rings. The predicted octanol–water partition coefficient (Wildman–Crippen LogP) is 2.98. The van der Waals surface area contributed by atoms with Crippen LogP contribution in [0.2, 0.25) is 0 Å². The second-order valence-electron chi connectivity index (χ2n) is 3.52. The van der Waals surface area contributed by atoms with E-state index in [0.29, 0.717) is 0 Å². The van der Waals surface area contributed by atoms with E-state index in [1.54, 1.807) is 5.30 Å². The number of hydrogen-bond donors (Lipinski definition) is 0. The lowest BCUT2D eigenvalue weighted by Crippen LogP contribution is -2.05. The van der Waals surface area contributed by atoms with Crippen LogP contribution in [-0.2, 0) is 0 Å². The van der Waals surface area contributed by atoms with Crippen molar-refractivity contribution in [2.45, 2.75) is 25.4 Å². The summed E-state index contributed by atoms with van der Waals surface area (Å²) in [5.74, 6) is 0. The minimum Gasteiger partial charge on any atom is -0.0724 e. The van der Waals surface area contributed by atoms with Gasteiger partial charge in [-0.3, -0.25) is 0 Å². The van der Waals surface area contributed by atoms with Crippen LogP contribution in [0.3, 0.4) is 0 Å². The highest BCUT2D eigenvalue weighted by Gasteiger charge is 2.23. The van der Waals surface area contributed by atoms with Crippen LogP contribution in [-0.4, -0.2) is 11.8 Å². The maximum absolute atomic E-state index is 2.41. The fourth-order valence-corrected chi connectivity index (χ4v) is 4.72. The van der Waals surface area contributed by atoms with Gasteiger partial charge in [0, 0.05) is 0 Å². The van der Waals surface area contributed by atoms with E-state index in [1.807, 2.05) is 0 Å². The van der Waals surface area contributed by atoms with E-state index >= 15 is 0 Å². The molecule has 2 atom stereocenters. The molecule has 0 saturated carbocycles. The fraction of sp³-hybridized carbons (Fsp3) is 0.455. The third-order valence-electron chi connectivity index (χ3n) is 2.64. The Labute approximate surface area is 75.7 Å². The molecule has 1 fully saturated rings. The van der Waals surface area contributed by atoms with Crippen LogP contribution in [0, 0.1) is 0 Å². The van der Waals surface area contributed by atoms with Gasteiger partial charge < -0.3 is 0 Å². The van der Waals surface area contributed by atoms with Gasteiger partial charge in [-0.2, -0.15) is 0 Å². The van der Waals surface area contributed by atoms with Crippen molar-refractivity contribution in [2.75, 3.05) is 6.16 Å². The van der Waals surface area contributed by atoms with Crippen molar-refractivity contribution < 1.29 is 0 Å². The molecule has 1 aromatic carbocycles. The molecule has 0 unspecified atom stereocenters. The fourth-order valence-electron chi connectivity index (χ4n) is 1.94. The van der Waals surface area contributed by atoms with E-state index in [9.17, 15) is 0 Å². The minimum absolute atomic E-state index is 0.199. The van der Waals surface area contributed by atoms with Gasteiger partial charge in [0.1, 0.15) is 0 Å². The van der Waals surface area contributed by atoms with Crippen LogP contribution in [0.5, 0.6) is 0 Å². The van der Waals surface area contributed by atoms with Crippen LogP contribution in [0.1, 0.15) is 19.8 Å². The molecule has 0 aliphatic carbocycles. The van der Waals surface area contributed by atoms with Crippen molar-refractivity contribution in [3.8, 4) is 0 Å². The van der Waals surface area contributed by atoms with E-state index in [4.69, 9.17) is 0 Å². The molecule has 1 heterocycles. The summed E-state index contributed by atoms with van der Waals surface area (Å²) in [6, 6.07) is 11.0. The summed E-state index contributed by atoms with van der Waals surface area (Å²) < 4.78 is 0.